The van der Waals surface area contributed by atoms with Gasteiger partial charge >= 0.3 is 0 Å². The van der Waals surface area contributed by atoms with E-state index >= 15 is 0 Å². The summed E-state index contributed by atoms with van der Waals surface area (Å²) < 4.78 is 41.8. The van der Waals surface area contributed by atoms with E-state index in [1.54, 1.807) is 12.1 Å². The first-order chi connectivity index (χ1) is 8.90. The summed E-state index contributed by atoms with van der Waals surface area (Å²) >= 11 is 5.36. The Bertz CT molecular complexity index is 610. The Morgan fingerprint density at radius 3 is 2.21 bits per heavy atom. The fourth-order valence-electron chi connectivity index (χ4n) is 1.76. The number of halogens is 5. The molecule has 1 unspecified atom stereocenters. The molecule has 0 aromatic heterocycles. The first kappa shape index (κ1) is 14.8. The van der Waals surface area contributed by atoms with Crippen LogP contribution < -0.4 is 5.73 Å². The van der Waals surface area contributed by atoms with E-state index in [-0.39, 0.29) is 5.56 Å². The van der Waals surface area contributed by atoms with Crippen LogP contribution in [0.5, 0.6) is 0 Å². The minimum Gasteiger partial charge on any atom is -0.320 e. The standard InChI is InChI=1S/C13H8BrF3IN/c14-9-2-1-7(18)5-8(9)13(19)12-10(16)3-6(15)4-11(12)17/h1-5,13H,19H2. The molecule has 0 bridgehead atoms. The van der Waals surface area contributed by atoms with Crippen LogP contribution in [0.15, 0.2) is 34.8 Å². The minimum atomic E-state index is -1.01. The average molecular weight is 442 g/mol. The number of nitrogens with two attached hydrogens (primary N) is 1. The molecule has 19 heavy (non-hydrogen) atoms. The molecule has 0 radical (unpaired) electrons. The minimum absolute atomic E-state index is 0.343. The largest absolute Gasteiger partial charge is 0.320 e. The number of rotatable bonds is 2. The van der Waals surface area contributed by atoms with Gasteiger partial charge in [-0.3, -0.25) is 0 Å². The second-order valence-electron chi connectivity index (χ2n) is 3.93. The summed E-state index contributed by atoms with van der Waals surface area (Å²) in [4.78, 5) is 0. The van der Waals surface area contributed by atoms with Gasteiger partial charge in [-0.15, -0.1) is 0 Å². The Morgan fingerprint density at radius 1 is 1.05 bits per heavy atom. The second-order valence-corrected chi connectivity index (χ2v) is 6.03. The zero-order valence-electron chi connectivity index (χ0n) is 9.43. The molecule has 100 valence electrons. The Hall–Kier alpha value is -0.600. The van der Waals surface area contributed by atoms with Crippen LogP contribution in [0.2, 0.25) is 0 Å². The van der Waals surface area contributed by atoms with Gasteiger partial charge in [0.05, 0.1) is 6.04 Å². The molecule has 0 saturated carbocycles. The third kappa shape index (κ3) is 3.11. The Balaban J connectivity index is 2.56. The molecular weight excluding hydrogens is 434 g/mol. The van der Waals surface area contributed by atoms with E-state index < -0.39 is 23.5 Å². The van der Waals surface area contributed by atoms with Gasteiger partial charge in [-0.25, -0.2) is 13.2 Å². The molecule has 0 spiro atoms. The number of benzene rings is 2. The lowest BCUT2D eigenvalue weighted by molar-refractivity contribution is 0.515. The molecule has 0 aliphatic rings. The zero-order valence-corrected chi connectivity index (χ0v) is 13.2. The van der Waals surface area contributed by atoms with Crippen LogP contribution >= 0.6 is 38.5 Å². The van der Waals surface area contributed by atoms with Crippen molar-refractivity contribution < 1.29 is 13.2 Å². The van der Waals surface area contributed by atoms with E-state index in [0.29, 0.717) is 22.2 Å². The van der Waals surface area contributed by atoms with Crippen molar-refractivity contribution >= 4 is 38.5 Å². The van der Waals surface area contributed by atoms with Gasteiger partial charge in [0.15, 0.2) is 0 Å². The van der Waals surface area contributed by atoms with Crippen LogP contribution in [0.4, 0.5) is 13.2 Å². The van der Waals surface area contributed by atoms with Crippen molar-refractivity contribution in [3.8, 4) is 0 Å². The molecular formula is C13H8BrF3IN. The Morgan fingerprint density at radius 2 is 1.63 bits per heavy atom. The van der Waals surface area contributed by atoms with E-state index in [0.717, 1.165) is 3.57 Å². The highest BCUT2D eigenvalue weighted by atomic mass is 127. The molecule has 1 atom stereocenters. The Kier molecular flexibility index (Phi) is 4.52. The van der Waals surface area contributed by atoms with Crippen LogP contribution in [0.25, 0.3) is 0 Å². The highest BCUT2D eigenvalue weighted by Gasteiger charge is 2.21. The molecule has 0 saturated heterocycles. The van der Waals surface area contributed by atoms with Crippen LogP contribution in [0.1, 0.15) is 17.2 Å². The van der Waals surface area contributed by atoms with Gasteiger partial charge in [0.2, 0.25) is 0 Å². The summed E-state index contributed by atoms with van der Waals surface area (Å²) in [6, 6.07) is 5.54. The van der Waals surface area contributed by atoms with Gasteiger partial charge in [-0.2, -0.15) is 0 Å². The fourth-order valence-corrected chi connectivity index (χ4v) is 2.77. The molecule has 2 rings (SSSR count). The molecule has 0 amide bonds. The summed E-state index contributed by atoms with van der Waals surface area (Å²) in [6.07, 6.45) is 0. The highest BCUT2D eigenvalue weighted by molar-refractivity contribution is 14.1. The van der Waals surface area contributed by atoms with Crippen molar-refractivity contribution in [3.63, 3.8) is 0 Å². The van der Waals surface area contributed by atoms with Crippen molar-refractivity contribution in [2.24, 2.45) is 5.73 Å². The second kappa shape index (κ2) is 5.80. The van der Waals surface area contributed by atoms with Crippen LogP contribution in [0, 0.1) is 21.0 Å². The lowest BCUT2D eigenvalue weighted by Crippen LogP contribution is -2.16. The smallest absolute Gasteiger partial charge is 0.134 e. The van der Waals surface area contributed by atoms with Crippen molar-refractivity contribution in [1.29, 1.82) is 0 Å². The molecule has 2 N–H and O–H groups in total. The van der Waals surface area contributed by atoms with Crippen LogP contribution in [-0.4, -0.2) is 0 Å². The van der Waals surface area contributed by atoms with E-state index in [1.165, 1.54) is 0 Å². The van der Waals surface area contributed by atoms with Crippen LogP contribution in [-0.2, 0) is 0 Å². The molecule has 0 aliphatic carbocycles. The topological polar surface area (TPSA) is 26.0 Å². The molecule has 0 aliphatic heterocycles. The van der Waals surface area contributed by atoms with Gasteiger partial charge in [-0.05, 0) is 46.4 Å². The maximum atomic E-state index is 13.7. The third-order valence-electron chi connectivity index (χ3n) is 2.65. The summed E-state index contributed by atoms with van der Waals surface area (Å²) in [5, 5.41) is 0. The Labute approximate surface area is 130 Å². The fraction of sp³-hybridized carbons (Fsp3) is 0.0769. The summed E-state index contributed by atoms with van der Waals surface area (Å²) in [6.45, 7) is 0. The van der Waals surface area contributed by atoms with Gasteiger partial charge in [-0.1, -0.05) is 15.9 Å². The molecule has 2 aromatic rings. The lowest BCUT2D eigenvalue weighted by Gasteiger charge is -2.16. The van der Waals surface area contributed by atoms with E-state index in [2.05, 4.69) is 38.5 Å². The van der Waals surface area contributed by atoms with Gasteiger partial charge in [0, 0.05) is 25.7 Å². The molecule has 6 heteroatoms. The SMILES string of the molecule is NC(c1cc(I)ccc1Br)c1c(F)cc(F)cc1F. The normalized spacial score (nSPS) is 12.5. The van der Waals surface area contributed by atoms with Crippen molar-refractivity contribution in [1.82, 2.24) is 0 Å². The van der Waals surface area contributed by atoms with E-state index in [1.807, 2.05) is 6.07 Å². The maximum absolute atomic E-state index is 13.7. The summed E-state index contributed by atoms with van der Waals surface area (Å²) in [5.41, 5.74) is 6.10. The summed E-state index contributed by atoms with van der Waals surface area (Å²) in [5.74, 6) is -2.95. The van der Waals surface area contributed by atoms with E-state index in [9.17, 15) is 13.2 Å². The van der Waals surface area contributed by atoms with Gasteiger partial charge < -0.3 is 5.73 Å². The highest BCUT2D eigenvalue weighted by Crippen LogP contribution is 2.31. The van der Waals surface area contributed by atoms with Crippen molar-refractivity contribution in [2.45, 2.75) is 6.04 Å². The van der Waals surface area contributed by atoms with Gasteiger partial charge in [0.25, 0.3) is 0 Å². The summed E-state index contributed by atoms with van der Waals surface area (Å²) in [7, 11) is 0. The number of hydrogen-bond donors (Lipinski definition) is 1. The molecule has 1 nitrogen and oxygen atoms in total. The van der Waals surface area contributed by atoms with E-state index in [4.69, 9.17) is 5.73 Å². The maximum Gasteiger partial charge on any atom is 0.134 e. The monoisotopic (exact) mass is 441 g/mol. The number of hydrogen-bond acceptors (Lipinski definition) is 1. The van der Waals surface area contributed by atoms with Gasteiger partial charge in [0.1, 0.15) is 17.5 Å². The average Bonchev–Trinajstić information content (AvgIpc) is 2.30. The predicted molar refractivity (Wildman–Crippen MR) is 79.2 cm³/mol. The third-order valence-corrected chi connectivity index (χ3v) is 4.04. The van der Waals surface area contributed by atoms with Crippen LogP contribution in [0.3, 0.4) is 0 Å². The molecule has 0 heterocycles. The lowest BCUT2D eigenvalue weighted by atomic mass is 9.98. The van der Waals surface area contributed by atoms with Crippen molar-refractivity contribution in [2.75, 3.05) is 0 Å². The van der Waals surface area contributed by atoms with Crippen molar-refractivity contribution in [3.05, 3.63) is 67.0 Å². The molecule has 0 fully saturated rings. The quantitative estimate of drug-likeness (QED) is 0.681. The first-order valence-corrected chi connectivity index (χ1v) is 7.12. The first-order valence-electron chi connectivity index (χ1n) is 5.25. The zero-order chi connectivity index (χ0) is 14.2. The molecule has 2 aromatic carbocycles. The predicted octanol–water partition coefficient (Wildman–Crippen LogP) is 4.52.